The summed E-state index contributed by atoms with van der Waals surface area (Å²) in [4.78, 5) is 12.5. The molecule has 0 radical (unpaired) electrons. The van der Waals surface area contributed by atoms with Crippen molar-refractivity contribution in [2.45, 2.75) is 26.7 Å². The first-order chi connectivity index (χ1) is 9.65. The number of carbonyl (C=O) groups excluding carboxylic acids is 1. The van der Waals surface area contributed by atoms with Crippen LogP contribution in [0.2, 0.25) is 0 Å². The lowest BCUT2D eigenvalue weighted by Gasteiger charge is -2.10. The average Bonchev–Trinajstić information content (AvgIpc) is 2.47. The van der Waals surface area contributed by atoms with Gasteiger partial charge in [0.2, 0.25) is 0 Å². The van der Waals surface area contributed by atoms with Crippen LogP contribution >= 0.6 is 0 Å². The van der Waals surface area contributed by atoms with Crippen LogP contribution in [-0.2, 0) is 12.8 Å². The average molecular weight is 268 g/mol. The summed E-state index contributed by atoms with van der Waals surface area (Å²) < 4.78 is 5.34. The van der Waals surface area contributed by atoms with E-state index in [-0.39, 0.29) is 5.78 Å². The van der Waals surface area contributed by atoms with Gasteiger partial charge in [0.05, 0.1) is 7.11 Å². The third-order valence-corrected chi connectivity index (χ3v) is 3.49. The van der Waals surface area contributed by atoms with Gasteiger partial charge in [-0.15, -0.1) is 0 Å². The van der Waals surface area contributed by atoms with E-state index in [4.69, 9.17) is 4.74 Å². The quantitative estimate of drug-likeness (QED) is 0.766. The second kappa shape index (κ2) is 6.38. The maximum Gasteiger partial charge on any atom is 0.167 e. The van der Waals surface area contributed by atoms with Gasteiger partial charge in [-0.3, -0.25) is 4.79 Å². The summed E-state index contributed by atoms with van der Waals surface area (Å²) in [6.45, 7) is 4.09. The SMILES string of the molecule is CCc1ccccc1C(=O)Cc1cc(C)ccc1OC. The molecule has 104 valence electrons. The van der Waals surface area contributed by atoms with Crippen LogP contribution in [-0.4, -0.2) is 12.9 Å². The monoisotopic (exact) mass is 268 g/mol. The fourth-order valence-electron chi connectivity index (χ4n) is 2.41. The third-order valence-electron chi connectivity index (χ3n) is 3.49. The van der Waals surface area contributed by atoms with Crippen LogP contribution in [0, 0.1) is 6.92 Å². The molecule has 2 aromatic carbocycles. The minimum atomic E-state index is 0.145. The van der Waals surface area contributed by atoms with Crippen molar-refractivity contribution in [1.82, 2.24) is 0 Å². The van der Waals surface area contributed by atoms with Crippen LogP contribution < -0.4 is 4.74 Å². The zero-order valence-corrected chi connectivity index (χ0v) is 12.3. The highest BCUT2D eigenvalue weighted by Gasteiger charge is 2.13. The Kier molecular flexibility index (Phi) is 4.57. The van der Waals surface area contributed by atoms with Gasteiger partial charge in [0.15, 0.2) is 5.78 Å². The number of ether oxygens (including phenoxy) is 1. The number of ketones is 1. The maximum atomic E-state index is 12.5. The fraction of sp³-hybridized carbons (Fsp3) is 0.278. The molecule has 0 saturated heterocycles. The summed E-state index contributed by atoms with van der Waals surface area (Å²) in [6, 6.07) is 13.7. The Morgan fingerprint density at radius 3 is 2.55 bits per heavy atom. The number of Topliss-reactive ketones (excluding diaryl/α,β-unsaturated/α-hetero) is 1. The second-order valence-electron chi connectivity index (χ2n) is 4.93. The summed E-state index contributed by atoms with van der Waals surface area (Å²) in [5.41, 5.74) is 4.00. The van der Waals surface area contributed by atoms with Gasteiger partial charge in [-0.1, -0.05) is 48.9 Å². The summed E-state index contributed by atoms with van der Waals surface area (Å²) in [5.74, 6) is 0.921. The van der Waals surface area contributed by atoms with Crippen molar-refractivity contribution in [3.05, 3.63) is 64.7 Å². The van der Waals surface area contributed by atoms with E-state index in [9.17, 15) is 4.79 Å². The highest BCUT2D eigenvalue weighted by Crippen LogP contribution is 2.22. The number of rotatable bonds is 5. The van der Waals surface area contributed by atoms with Gasteiger partial charge in [0.1, 0.15) is 5.75 Å². The summed E-state index contributed by atoms with van der Waals surface area (Å²) in [5, 5.41) is 0. The molecule has 2 aromatic rings. The number of carbonyl (C=O) groups is 1. The molecule has 0 unspecified atom stereocenters. The highest BCUT2D eigenvalue weighted by molar-refractivity contribution is 5.99. The van der Waals surface area contributed by atoms with Gasteiger partial charge >= 0.3 is 0 Å². The standard InChI is InChI=1S/C18H20O2/c1-4-14-7-5-6-8-16(14)17(19)12-15-11-13(2)9-10-18(15)20-3/h5-11H,4,12H2,1-3H3. The fourth-order valence-corrected chi connectivity index (χ4v) is 2.41. The molecule has 0 aliphatic rings. The van der Waals surface area contributed by atoms with E-state index in [1.165, 1.54) is 0 Å². The molecule has 0 saturated carbocycles. The van der Waals surface area contributed by atoms with Gasteiger partial charge in [0.25, 0.3) is 0 Å². The molecule has 0 atom stereocenters. The van der Waals surface area contributed by atoms with Gasteiger partial charge in [0, 0.05) is 17.5 Å². The Morgan fingerprint density at radius 1 is 1.10 bits per heavy atom. The largest absolute Gasteiger partial charge is 0.496 e. The van der Waals surface area contributed by atoms with E-state index in [1.54, 1.807) is 7.11 Å². The van der Waals surface area contributed by atoms with Crippen LogP contribution in [0.5, 0.6) is 5.75 Å². The lowest BCUT2D eigenvalue weighted by Crippen LogP contribution is -2.08. The first kappa shape index (κ1) is 14.3. The topological polar surface area (TPSA) is 26.3 Å². The Hall–Kier alpha value is -2.09. The van der Waals surface area contributed by atoms with Crippen LogP contribution in [0.1, 0.15) is 34.0 Å². The minimum absolute atomic E-state index is 0.145. The maximum absolute atomic E-state index is 12.5. The molecular formula is C18H20O2. The van der Waals surface area contributed by atoms with Crippen molar-refractivity contribution in [2.75, 3.05) is 7.11 Å². The van der Waals surface area contributed by atoms with Gasteiger partial charge < -0.3 is 4.74 Å². The molecule has 0 N–H and O–H groups in total. The molecule has 0 spiro atoms. The number of aryl methyl sites for hydroxylation is 2. The third kappa shape index (κ3) is 3.08. The second-order valence-corrected chi connectivity index (χ2v) is 4.93. The van der Waals surface area contributed by atoms with Crippen LogP contribution in [0.3, 0.4) is 0 Å². The number of benzene rings is 2. The lowest BCUT2D eigenvalue weighted by molar-refractivity contribution is 0.0991. The van der Waals surface area contributed by atoms with E-state index < -0.39 is 0 Å². The Bertz CT molecular complexity index is 615. The molecule has 0 aliphatic heterocycles. The summed E-state index contributed by atoms with van der Waals surface area (Å²) in [7, 11) is 1.64. The van der Waals surface area contributed by atoms with E-state index in [1.807, 2.05) is 49.4 Å². The van der Waals surface area contributed by atoms with Crippen molar-refractivity contribution in [3.63, 3.8) is 0 Å². The molecule has 0 aromatic heterocycles. The Morgan fingerprint density at radius 2 is 1.85 bits per heavy atom. The molecule has 2 rings (SSSR count). The Labute approximate surface area is 120 Å². The molecular weight excluding hydrogens is 248 g/mol. The van der Waals surface area contributed by atoms with Crippen LogP contribution in [0.4, 0.5) is 0 Å². The van der Waals surface area contributed by atoms with Crippen molar-refractivity contribution in [3.8, 4) is 5.75 Å². The summed E-state index contributed by atoms with van der Waals surface area (Å²) >= 11 is 0. The van der Waals surface area contributed by atoms with Crippen LogP contribution in [0.15, 0.2) is 42.5 Å². The molecule has 2 heteroatoms. The number of methoxy groups -OCH3 is 1. The minimum Gasteiger partial charge on any atom is -0.496 e. The molecule has 0 heterocycles. The smallest absolute Gasteiger partial charge is 0.167 e. The lowest BCUT2D eigenvalue weighted by atomic mass is 9.96. The van der Waals surface area contributed by atoms with E-state index >= 15 is 0 Å². The van der Waals surface area contributed by atoms with Crippen molar-refractivity contribution in [2.24, 2.45) is 0 Å². The predicted octanol–water partition coefficient (Wildman–Crippen LogP) is 3.99. The first-order valence-electron chi connectivity index (χ1n) is 6.90. The zero-order chi connectivity index (χ0) is 14.5. The van der Waals surface area contributed by atoms with E-state index in [0.29, 0.717) is 6.42 Å². The molecule has 0 fully saturated rings. The van der Waals surface area contributed by atoms with Gasteiger partial charge in [-0.05, 0) is 25.0 Å². The van der Waals surface area contributed by atoms with E-state index in [0.717, 1.165) is 34.4 Å². The molecule has 0 aliphatic carbocycles. The normalized spacial score (nSPS) is 10.3. The van der Waals surface area contributed by atoms with Crippen LogP contribution in [0.25, 0.3) is 0 Å². The molecule has 20 heavy (non-hydrogen) atoms. The molecule has 2 nitrogen and oxygen atoms in total. The zero-order valence-electron chi connectivity index (χ0n) is 12.3. The van der Waals surface area contributed by atoms with Crippen molar-refractivity contribution < 1.29 is 9.53 Å². The van der Waals surface area contributed by atoms with Crippen molar-refractivity contribution >= 4 is 5.78 Å². The Balaban J connectivity index is 2.30. The molecule has 0 amide bonds. The molecule has 0 bridgehead atoms. The number of hydrogen-bond acceptors (Lipinski definition) is 2. The summed E-state index contributed by atoms with van der Waals surface area (Å²) in [6.07, 6.45) is 1.24. The van der Waals surface area contributed by atoms with E-state index in [2.05, 4.69) is 6.92 Å². The number of hydrogen-bond donors (Lipinski definition) is 0. The van der Waals surface area contributed by atoms with Gasteiger partial charge in [-0.25, -0.2) is 0 Å². The van der Waals surface area contributed by atoms with Gasteiger partial charge in [-0.2, -0.15) is 0 Å². The predicted molar refractivity (Wildman–Crippen MR) is 81.6 cm³/mol. The first-order valence-corrected chi connectivity index (χ1v) is 6.90. The van der Waals surface area contributed by atoms with Crippen molar-refractivity contribution in [1.29, 1.82) is 0 Å². The highest BCUT2D eigenvalue weighted by atomic mass is 16.5.